The van der Waals surface area contributed by atoms with Crippen LogP contribution in [0, 0.1) is 30.3 Å². The number of hydrogen-bond acceptors (Lipinski definition) is 12. The van der Waals surface area contributed by atoms with Crippen LogP contribution in [0.2, 0.25) is 0 Å². The number of aliphatic hydroxyl groups is 1. The lowest BCUT2D eigenvalue weighted by Crippen LogP contribution is -2.34. The van der Waals surface area contributed by atoms with Crippen molar-refractivity contribution in [1.29, 1.82) is 0 Å². The van der Waals surface area contributed by atoms with Gasteiger partial charge in [-0.15, -0.1) is 0 Å². The first-order valence-electron chi connectivity index (χ1n) is 10.7. The van der Waals surface area contributed by atoms with Gasteiger partial charge in [0.2, 0.25) is 0 Å². The molecule has 0 aliphatic carbocycles. The van der Waals surface area contributed by atoms with Crippen molar-refractivity contribution >= 4 is 44.8 Å². The fourth-order valence-corrected chi connectivity index (χ4v) is 3.71. The van der Waals surface area contributed by atoms with Gasteiger partial charge in [0, 0.05) is 12.6 Å². The summed E-state index contributed by atoms with van der Waals surface area (Å²) >= 11 is 0. The summed E-state index contributed by atoms with van der Waals surface area (Å²) in [5, 5.41) is 49.4. The van der Waals surface area contributed by atoms with E-state index in [2.05, 4.69) is 14.9 Å². The quantitative estimate of drug-likeness (QED) is 0.225. The van der Waals surface area contributed by atoms with E-state index in [-0.39, 0.29) is 6.61 Å². The third kappa shape index (κ3) is 5.10. The molecular weight excluding hydrogens is 492 g/mol. The first kappa shape index (κ1) is 24.9. The van der Waals surface area contributed by atoms with Crippen molar-refractivity contribution in [3.8, 4) is 11.5 Å². The van der Waals surface area contributed by atoms with E-state index in [1.54, 1.807) is 0 Å². The number of ether oxygens (including phenoxy) is 1. The minimum Gasteiger partial charge on any atom is -0.497 e. The predicted octanol–water partition coefficient (Wildman–Crippen LogP) is 3.09. The highest BCUT2D eigenvalue weighted by atomic mass is 16.6. The van der Waals surface area contributed by atoms with Gasteiger partial charge in [-0.25, -0.2) is 9.97 Å². The zero-order valence-electron chi connectivity index (χ0n) is 18.9. The van der Waals surface area contributed by atoms with Crippen LogP contribution in [-0.2, 0) is 0 Å². The number of para-hydroxylation sites is 2. The lowest BCUT2D eigenvalue weighted by atomic mass is 10.2. The van der Waals surface area contributed by atoms with Crippen molar-refractivity contribution in [2.75, 3.05) is 31.2 Å². The van der Waals surface area contributed by atoms with E-state index in [1.165, 1.54) is 0 Å². The molecule has 15 nitrogen and oxygen atoms in total. The number of nitro groups is 3. The first-order valence-corrected chi connectivity index (χ1v) is 10.7. The molecule has 190 valence electrons. The summed E-state index contributed by atoms with van der Waals surface area (Å²) in [6, 6.07) is 12.7. The maximum absolute atomic E-state index is 10.4. The molecule has 0 bridgehead atoms. The number of nitrogens with zero attached hydrogens (tertiary/aromatic N) is 6. The van der Waals surface area contributed by atoms with Crippen molar-refractivity contribution in [2.45, 2.75) is 0 Å². The van der Waals surface area contributed by atoms with Crippen LogP contribution in [0.1, 0.15) is 0 Å². The molecular formula is C22H18N6O9. The number of aromatic hydroxyl groups is 1. The summed E-state index contributed by atoms with van der Waals surface area (Å²) in [5.74, 6) is -0.396. The lowest BCUT2D eigenvalue weighted by Gasteiger charge is -2.30. The molecule has 15 heteroatoms. The number of fused-ring (bicyclic) bond motifs is 3. The second kappa shape index (κ2) is 10.2. The Labute approximate surface area is 206 Å². The molecule has 0 fully saturated rings. The van der Waals surface area contributed by atoms with Crippen molar-refractivity contribution in [2.24, 2.45) is 0 Å². The largest absolute Gasteiger partial charge is 0.497 e. The Morgan fingerprint density at radius 1 is 0.865 bits per heavy atom. The number of hydrogen-bond donors (Lipinski definition) is 2. The molecule has 0 atom stereocenters. The number of phenols is 1. The highest BCUT2D eigenvalue weighted by Gasteiger charge is 2.30. The Morgan fingerprint density at radius 2 is 1.43 bits per heavy atom. The van der Waals surface area contributed by atoms with Crippen LogP contribution in [-0.4, -0.2) is 61.3 Å². The first-order chi connectivity index (χ1) is 17.7. The molecule has 2 N–H and O–H groups in total. The molecule has 1 aliphatic heterocycles. The van der Waals surface area contributed by atoms with Crippen LogP contribution in [0.5, 0.6) is 11.5 Å². The molecule has 37 heavy (non-hydrogen) atoms. The molecule has 0 spiro atoms. The van der Waals surface area contributed by atoms with Gasteiger partial charge in [0.15, 0.2) is 0 Å². The van der Waals surface area contributed by atoms with E-state index in [9.17, 15) is 35.4 Å². The number of nitro benzene ring substituents is 3. The fraction of sp³-hybridized carbons (Fsp3) is 0.182. The Bertz CT molecular complexity index is 1510. The van der Waals surface area contributed by atoms with Crippen LogP contribution in [0.4, 0.5) is 22.7 Å². The minimum absolute atomic E-state index is 0.126. The van der Waals surface area contributed by atoms with Gasteiger partial charge in [-0.3, -0.25) is 30.3 Å². The van der Waals surface area contributed by atoms with Crippen molar-refractivity contribution < 1.29 is 29.7 Å². The fourth-order valence-electron chi connectivity index (χ4n) is 3.71. The van der Waals surface area contributed by atoms with Gasteiger partial charge in [-0.1, -0.05) is 12.1 Å². The number of benzene rings is 3. The molecule has 0 amide bonds. The summed E-state index contributed by atoms with van der Waals surface area (Å²) in [4.78, 5) is 39.2. The van der Waals surface area contributed by atoms with E-state index in [1.807, 2.05) is 36.4 Å². The number of rotatable bonds is 5. The van der Waals surface area contributed by atoms with Crippen LogP contribution >= 0.6 is 0 Å². The van der Waals surface area contributed by atoms with Gasteiger partial charge < -0.3 is 19.8 Å². The van der Waals surface area contributed by atoms with Crippen LogP contribution in [0.15, 0.2) is 48.5 Å². The summed E-state index contributed by atoms with van der Waals surface area (Å²) in [6.07, 6.45) is 0. The molecule has 0 unspecified atom stereocenters. The van der Waals surface area contributed by atoms with E-state index >= 15 is 0 Å². The molecule has 1 aliphatic rings. The van der Waals surface area contributed by atoms with E-state index in [0.717, 1.165) is 40.0 Å². The van der Waals surface area contributed by atoms with Gasteiger partial charge in [-0.05, 0) is 18.2 Å². The maximum Gasteiger partial charge on any atom is 0.324 e. The maximum atomic E-state index is 10.4. The molecule has 1 aromatic heterocycles. The zero-order chi connectivity index (χ0) is 26.7. The summed E-state index contributed by atoms with van der Waals surface area (Å²) in [5.41, 5.74) is 1.42. The number of aliphatic hydroxyl groups excluding tert-OH is 1. The SMILES string of the molecule is O=[N+]([O-])c1cc([N+](=O)[O-])c(O)c([N+](=O)[O-])c1.OCCN1CCOc2cc3nc4ccccc4nc3cc21. The van der Waals surface area contributed by atoms with Crippen molar-refractivity contribution in [1.82, 2.24) is 9.97 Å². The summed E-state index contributed by atoms with van der Waals surface area (Å²) in [7, 11) is 0. The number of aromatic nitrogens is 2. The minimum atomic E-state index is -1.21. The highest BCUT2D eigenvalue weighted by Crippen LogP contribution is 2.39. The molecule has 2 heterocycles. The number of phenolic OH excluding ortho intramolecular Hbond substituents is 1. The van der Waals surface area contributed by atoms with Crippen molar-refractivity contribution in [3.05, 3.63) is 78.9 Å². The Kier molecular flexibility index (Phi) is 6.88. The average molecular weight is 510 g/mol. The van der Waals surface area contributed by atoms with Gasteiger partial charge in [0.1, 0.15) is 12.4 Å². The molecule has 0 saturated carbocycles. The topological polar surface area (TPSA) is 208 Å². The Hall–Kier alpha value is -5.18. The molecule has 0 radical (unpaired) electrons. The van der Waals surface area contributed by atoms with E-state index < -0.39 is 37.6 Å². The Balaban J connectivity index is 0.000000181. The van der Waals surface area contributed by atoms with Gasteiger partial charge in [-0.2, -0.15) is 0 Å². The van der Waals surface area contributed by atoms with Crippen LogP contribution < -0.4 is 9.64 Å². The lowest BCUT2D eigenvalue weighted by molar-refractivity contribution is -0.404. The van der Waals surface area contributed by atoms with Gasteiger partial charge in [0.05, 0.1) is 67.8 Å². The van der Waals surface area contributed by atoms with Gasteiger partial charge in [0.25, 0.3) is 11.4 Å². The highest BCUT2D eigenvalue weighted by molar-refractivity contribution is 5.90. The second-order valence-electron chi connectivity index (χ2n) is 7.68. The zero-order valence-corrected chi connectivity index (χ0v) is 18.9. The van der Waals surface area contributed by atoms with Gasteiger partial charge >= 0.3 is 11.4 Å². The second-order valence-corrected chi connectivity index (χ2v) is 7.68. The third-order valence-electron chi connectivity index (χ3n) is 5.41. The number of anilines is 1. The normalized spacial score (nSPS) is 12.3. The summed E-state index contributed by atoms with van der Waals surface area (Å²) < 4.78 is 5.73. The molecule has 4 aromatic rings. The smallest absolute Gasteiger partial charge is 0.324 e. The Morgan fingerprint density at radius 3 is 1.95 bits per heavy atom. The molecule has 0 saturated heterocycles. The third-order valence-corrected chi connectivity index (χ3v) is 5.41. The summed E-state index contributed by atoms with van der Waals surface area (Å²) in [6.45, 7) is 2.13. The van der Waals surface area contributed by atoms with E-state index in [0.29, 0.717) is 25.3 Å². The predicted molar refractivity (Wildman–Crippen MR) is 130 cm³/mol. The molecule has 3 aromatic carbocycles. The van der Waals surface area contributed by atoms with E-state index in [4.69, 9.17) is 9.84 Å². The monoisotopic (exact) mass is 510 g/mol. The van der Waals surface area contributed by atoms with Crippen LogP contribution in [0.3, 0.4) is 0 Å². The van der Waals surface area contributed by atoms with Crippen LogP contribution in [0.25, 0.3) is 22.1 Å². The average Bonchev–Trinajstić information content (AvgIpc) is 2.86. The molecule has 5 rings (SSSR count). The van der Waals surface area contributed by atoms with Crippen molar-refractivity contribution in [3.63, 3.8) is 0 Å². The number of non-ortho nitro benzene ring substituents is 1. The number of β-amino-alcohol motifs (C(OH)–C–C–N with tert-alkyl or cyclic N) is 1. The standard InChI is InChI=1S/C16H15N3O2.C6H3N3O7/c20-7-5-19-6-8-21-16-10-14-13(9-15(16)19)17-11-3-1-2-4-12(11)18-14;10-6-4(8(13)14)1-3(7(11)12)2-5(6)9(15)16/h1-4,9-10,20H,5-8H2;1-2,10H.